The summed E-state index contributed by atoms with van der Waals surface area (Å²) < 4.78 is 0. The van der Waals surface area contributed by atoms with Crippen LogP contribution in [0.1, 0.15) is 13.8 Å². The van der Waals surface area contributed by atoms with E-state index in [0.29, 0.717) is 0 Å². The average molecular weight is 230 g/mol. The molecule has 0 unspecified atom stereocenters. The van der Waals surface area contributed by atoms with E-state index in [-0.39, 0.29) is 68.5 Å². The molecule has 0 aromatic rings. The summed E-state index contributed by atoms with van der Waals surface area (Å²) in [4.78, 5) is 17.8. The summed E-state index contributed by atoms with van der Waals surface area (Å²) in [6.45, 7) is 1.94. The van der Waals surface area contributed by atoms with Crippen LogP contribution in [0.4, 0.5) is 0 Å². The van der Waals surface area contributed by atoms with Crippen LogP contribution in [0.2, 0.25) is 0 Å². The first-order valence-corrected chi connectivity index (χ1v) is 1.82. The van der Waals surface area contributed by atoms with Crippen LogP contribution >= 0.6 is 0 Å². The minimum absolute atomic E-state index is 0. The third-order valence-corrected chi connectivity index (χ3v) is 0. The second-order valence-electron chi connectivity index (χ2n) is 0.983. The van der Waals surface area contributed by atoms with E-state index in [2.05, 4.69) is 0 Å². The van der Waals surface area contributed by atoms with Gasteiger partial charge >= 0.3 is 68.5 Å². The third-order valence-electron chi connectivity index (χ3n) is 0. The summed E-state index contributed by atoms with van der Waals surface area (Å²) in [5, 5.41) is 17.8. The molecule has 0 atom stereocenters. The van der Waals surface area contributed by atoms with Gasteiger partial charge in [0.25, 0.3) is 0 Å². The van der Waals surface area contributed by atoms with Crippen LogP contribution in [0.15, 0.2) is 0 Å². The molecule has 0 saturated carbocycles. The van der Waals surface area contributed by atoms with Crippen molar-refractivity contribution < 1.29 is 19.8 Å². The van der Waals surface area contributed by atoms with Gasteiger partial charge in [-0.2, -0.15) is 0 Å². The molecule has 10 heavy (non-hydrogen) atoms. The largest absolute Gasteiger partial charge is 2.00 e. The van der Waals surface area contributed by atoms with Crippen molar-refractivity contribution in [3.63, 3.8) is 0 Å². The Balaban J connectivity index is -0.0000000300. The molecule has 0 radical (unpaired) electrons. The number of hydrogen-bond acceptors (Lipinski definition) is 4. The average Bonchev–Trinajstić information content (AvgIpc) is 1.25. The van der Waals surface area contributed by atoms with Crippen LogP contribution in [0.5, 0.6) is 0 Å². The second kappa shape index (κ2) is 16.6. The fourth-order valence-corrected chi connectivity index (χ4v) is 0. The van der Waals surface area contributed by atoms with Gasteiger partial charge in [-0.15, -0.1) is 0 Å². The van der Waals surface area contributed by atoms with Crippen molar-refractivity contribution in [2.75, 3.05) is 0 Å². The fourth-order valence-electron chi connectivity index (χ4n) is 0. The van der Waals surface area contributed by atoms with Gasteiger partial charge in [0.1, 0.15) is 0 Å². The Kier molecular flexibility index (Phi) is 37.4. The van der Waals surface area contributed by atoms with E-state index in [4.69, 9.17) is 19.8 Å². The number of aliphatic carboxylic acids is 2. The summed E-state index contributed by atoms with van der Waals surface area (Å²) in [5.74, 6) is -2.17. The van der Waals surface area contributed by atoms with Crippen molar-refractivity contribution in [1.29, 1.82) is 0 Å². The smallest absolute Gasteiger partial charge is 0.550 e. The summed E-state index contributed by atoms with van der Waals surface area (Å²) >= 11 is 0. The van der Waals surface area contributed by atoms with E-state index in [1.165, 1.54) is 0 Å². The topological polar surface area (TPSA) is 80.3 Å². The Morgan fingerprint density at radius 1 is 1.00 bits per heavy atom. The van der Waals surface area contributed by atoms with Gasteiger partial charge in [0.15, 0.2) is 0 Å². The van der Waals surface area contributed by atoms with Crippen molar-refractivity contribution in [2.45, 2.75) is 13.8 Å². The van der Waals surface area contributed by atoms with E-state index in [9.17, 15) is 0 Å². The van der Waals surface area contributed by atoms with Crippen molar-refractivity contribution in [3.05, 3.63) is 0 Å². The van der Waals surface area contributed by atoms with Gasteiger partial charge < -0.3 is 19.8 Å². The van der Waals surface area contributed by atoms with Crippen molar-refractivity contribution >= 4 is 80.5 Å². The zero-order chi connectivity index (χ0) is 7.15. The monoisotopic (exact) mass is 230 g/mol. The Hall–Kier alpha value is 1.19. The Morgan fingerprint density at radius 2 is 1.00 bits per heavy atom. The van der Waals surface area contributed by atoms with Crippen molar-refractivity contribution in [2.24, 2.45) is 0 Å². The summed E-state index contributed by atoms with van der Waals surface area (Å²) in [6.07, 6.45) is 0. The Labute approximate surface area is 112 Å². The second-order valence-corrected chi connectivity index (χ2v) is 0.983. The summed E-state index contributed by atoms with van der Waals surface area (Å²) in [6, 6.07) is 0. The first-order chi connectivity index (χ1) is 3.46. The van der Waals surface area contributed by atoms with E-state index < -0.39 is 11.9 Å². The molecule has 0 fully saturated rings. The SMILES string of the molecule is CC(=O)[O-].CC(=O)[O-].[Mg+2].[Sr+2]. The number of hydrogen-bond donors (Lipinski definition) is 0. The molecular formula is C4H6MgO4Sr+2. The van der Waals surface area contributed by atoms with Crippen LogP contribution in [0.3, 0.4) is 0 Å². The predicted octanol–water partition coefficient (Wildman–Crippen LogP) is -3.25. The number of carbonyl (C=O) groups excluding carboxylic acids is 2. The molecule has 0 aromatic heterocycles. The maximum Gasteiger partial charge on any atom is 2.00 e. The molecule has 0 amide bonds. The fraction of sp³-hybridized carbons (Fsp3) is 0.500. The van der Waals surface area contributed by atoms with Gasteiger partial charge in [0.2, 0.25) is 0 Å². The van der Waals surface area contributed by atoms with Gasteiger partial charge in [-0.05, 0) is 13.8 Å². The van der Waals surface area contributed by atoms with E-state index in [1.54, 1.807) is 0 Å². The molecule has 0 bridgehead atoms. The van der Waals surface area contributed by atoms with Gasteiger partial charge in [0.05, 0.1) is 0 Å². The van der Waals surface area contributed by atoms with Gasteiger partial charge in [-0.1, -0.05) is 0 Å². The Morgan fingerprint density at radius 3 is 1.00 bits per heavy atom. The van der Waals surface area contributed by atoms with E-state index >= 15 is 0 Å². The molecule has 0 heterocycles. The molecule has 4 nitrogen and oxygen atoms in total. The molecular weight excluding hydrogens is 224 g/mol. The standard InChI is InChI=1S/2C2H4O2.Mg.Sr/c2*1-2(3)4;;/h2*1H3,(H,3,4);;/q;;2*+2/p-2. The molecule has 48 valence electrons. The maximum absolute atomic E-state index is 8.89. The normalized spacial score (nSPS) is 5.00. The molecule has 0 N–H and O–H groups in total. The quantitative estimate of drug-likeness (QED) is 0.409. The van der Waals surface area contributed by atoms with Crippen LogP contribution in [-0.4, -0.2) is 80.5 Å². The minimum atomic E-state index is -1.08. The summed E-state index contributed by atoms with van der Waals surface area (Å²) in [5.41, 5.74) is 0. The van der Waals surface area contributed by atoms with Gasteiger partial charge in [-0.3, -0.25) is 0 Å². The number of rotatable bonds is 0. The molecule has 0 aliphatic rings. The number of carboxylic acids is 2. The third kappa shape index (κ3) is 437. The predicted molar refractivity (Wildman–Crippen MR) is 32.9 cm³/mol. The van der Waals surface area contributed by atoms with Crippen LogP contribution in [0, 0.1) is 0 Å². The molecule has 0 saturated heterocycles. The minimum Gasteiger partial charge on any atom is -0.550 e. The molecule has 0 aliphatic heterocycles. The first-order valence-electron chi connectivity index (χ1n) is 1.82. The van der Waals surface area contributed by atoms with Gasteiger partial charge in [-0.25, -0.2) is 0 Å². The Bertz CT molecular complexity index is 75.3. The maximum atomic E-state index is 8.89. The summed E-state index contributed by atoms with van der Waals surface area (Å²) in [7, 11) is 0. The zero-order valence-electron chi connectivity index (χ0n) is 6.05. The van der Waals surface area contributed by atoms with Gasteiger partial charge in [0, 0.05) is 11.9 Å². The number of carboxylic acid groups (broad SMARTS) is 2. The van der Waals surface area contributed by atoms with Crippen molar-refractivity contribution in [1.82, 2.24) is 0 Å². The molecule has 0 spiro atoms. The van der Waals surface area contributed by atoms with Crippen LogP contribution in [0.25, 0.3) is 0 Å². The zero-order valence-corrected chi connectivity index (χ0v) is 10.9. The number of carbonyl (C=O) groups is 2. The van der Waals surface area contributed by atoms with Crippen LogP contribution in [-0.2, 0) is 9.59 Å². The molecule has 6 heteroatoms. The van der Waals surface area contributed by atoms with E-state index in [1.807, 2.05) is 0 Å². The van der Waals surface area contributed by atoms with Crippen LogP contribution < -0.4 is 10.2 Å². The first kappa shape index (κ1) is 22.5. The molecule has 0 rings (SSSR count). The molecule has 0 aliphatic carbocycles. The van der Waals surface area contributed by atoms with E-state index in [0.717, 1.165) is 13.8 Å². The van der Waals surface area contributed by atoms with Crippen molar-refractivity contribution in [3.8, 4) is 0 Å². The molecule has 0 aromatic carbocycles.